The summed E-state index contributed by atoms with van der Waals surface area (Å²) in [6.45, 7) is 2.43. The van der Waals surface area contributed by atoms with Gasteiger partial charge in [0, 0.05) is 23.0 Å². The highest BCUT2D eigenvalue weighted by atomic mass is 16.5. The Labute approximate surface area is 123 Å². The quantitative estimate of drug-likeness (QED) is 0.730. The van der Waals surface area contributed by atoms with E-state index in [-0.39, 0.29) is 11.9 Å². The lowest BCUT2D eigenvalue weighted by Gasteiger charge is -2.11. The average Bonchev–Trinajstić information content (AvgIpc) is 2.97. The van der Waals surface area contributed by atoms with Crippen LogP contribution < -0.4 is 0 Å². The van der Waals surface area contributed by atoms with Crippen molar-refractivity contribution >= 4 is 16.9 Å². The third-order valence-electron chi connectivity index (χ3n) is 3.63. The molecule has 1 atom stereocenters. The van der Waals surface area contributed by atoms with Crippen molar-refractivity contribution in [2.75, 3.05) is 6.61 Å². The highest BCUT2D eigenvalue weighted by molar-refractivity contribution is 5.89. The number of ether oxygens (including phenoxy) is 1. The minimum absolute atomic E-state index is 0.147. The first kappa shape index (κ1) is 13.4. The van der Waals surface area contributed by atoms with Crippen molar-refractivity contribution < 1.29 is 9.53 Å². The zero-order valence-electron chi connectivity index (χ0n) is 11.9. The second-order valence-electron chi connectivity index (χ2n) is 5.16. The van der Waals surface area contributed by atoms with Crippen LogP contribution in [0.2, 0.25) is 0 Å². The summed E-state index contributed by atoms with van der Waals surface area (Å²) in [7, 11) is 0. The molecule has 0 fully saturated rings. The van der Waals surface area contributed by atoms with E-state index in [4.69, 9.17) is 4.74 Å². The zero-order chi connectivity index (χ0) is 14.7. The van der Waals surface area contributed by atoms with Crippen LogP contribution in [0.25, 0.3) is 10.9 Å². The molecule has 0 bridgehead atoms. The largest absolute Gasteiger partial charge is 0.461 e. The number of aromatic amines is 1. The molecular weight excluding hydrogens is 262 g/mol. The summed E-state index contributed by atoms with van der Waals surface area (Å²) < 4.78 is 5.41. The van der Waals surface area contributed by atoms with E-state index in [0.717, 1.165) is 5.52 Å². The fourth-order valence-corrected chi connectivity index (χ4v) is 2.45. The monoisotopic (exact) mass is 279 g/mol. The van der Waals surface area contributed by atoms with Crippen LogP contribution in [0.1, 0.15) is 28.8 Å². The first-order valence-electron chi connectivity index (χ1n) is 7.04. The normalized spacial score (nSPS) is 12.2. The third-order valence-corrected chi connectivity index (χ3v) is 3.63. The van der Waals surface area contributed by atoms with Crippen molar-refractivity contribution in [3.05, 3.63) is 71.9 Å². The van der Waals surface area contributed by atoms with Crippen LogP contribution >= 0.6 is 0 Å². The van der Waals surface area contributed by atoms with E-state index in [2.05, 4.69) is 18.0 Å². The molecule has 0 radical (unpaired) electrons. The van der Waals surface area contributed by atoms with Crippen molar-refractivity contribution in [2.24, 2.45) is 0 Å². The Balaban J connectivity index is 1.69. The smallest absolute Gasteiger partial charge is 0.338 e. The molecule has 106 valence electrons. The molecule has 0 aliphatic rings. The highest BCUT2D eigenvalue weighted by Gasteiger charge is 2.14. The van der Waals surface area contributed by atoms with Crippen LogP contribution in [0.5, 0.6) is 0 Å². The molecule has 0 saturated carbocycles. The van der Waals surface area contributed by atoms with Gasteiger partial charge in [-0.15, -0.1) is 0 Å². The number of aromatic nitrogens is 1. The van der Waals surface area contributed by atoms with E-state index in [9.17, 15) is 4.79 Å². The minimum Gasteiger partial charge on any atom is -0.461 e. The molecule has 3 heteroatoms. The second-order valence-corrected chi connectivity index (χ2v) is 5.16. The number of hydrogen-bond acceptors (Lipinski definition) is 2. The topological polar surface area (TPSA) is 42.1 Å². The van der Waals surface area contributed by atoms with Gasteiger partial charge in [-0.25, -0.2) is 4.79 Å². The van der Waals surface area contributed by atoms with Gasteiger partial charge in [0.2, 0.25) is 0 Å². The van der Waals surface area contributed by atoms with E-state index >= 15 is 0 Å². The van der Waals surface area contributed by atoms with Gasteiger partial charge in [0.15, 0.2) is 0 Å². The molecule has 0 aliphatic heterocycles. The highest BCUT2D eigenvalue weighted by Crippen LogP contribution is 2.25. The van der Waals surface area contributed by atoms with Crippen molar-refractivity contribution in [1.29, 1.82) is 0 Å². The van der Waals surface area contributed by atoms with Crippen LogP contribution in [0.3, 0.4) is 0 Å². The zero-order valence-corrected chi connectivity index (χ0v) is 11.9. The summed E-state index contributed by atoms with van der Waals surface area (Å²) in [5.74, 6) is -0.129. The Morgan fingerprint density at radius 1 is 1.10 bits per heavy atom. The fourth-order valence-electron chi connectivity index (χ4n) is 2.45. The molecule has 0 amide bonds. The molecule has 1 N–H and O–H groups in total. The van der Waals surface area contributed by atoms with Crippen molar-refractivity contribution in [2.45, 2.75) is 12.8 Å². The maximum atomic E-state index is 12.0. The van der Waals surface area contributed by atoms with Crippen LogP contribution in [-0.4, -0.2) is 17.6 Å². The molecule has 3 nitrogen and oxygen atoms in total. The lowest BCUT2D eigenvalue weighted by atomic mass is 10.0. The SMILES string of the molecule is CC(COC(=O)c1ccccc1)c1c[nH]c2ccccc12. The fraction of sp³-hybridized carbons (Fsp3) is 0.167. The van der Waals surface area contributed by atoms with Gasteiger partial charge in [-0.3, -0.25) is 0 Å². The molecule has 3 rings (SSSR count). The van der Waals surface area contributed by atoms with E-state index in [1.54, 1.807) is 12.1 Å². The molecule has 21 heavy (non-hydrogen) atoms. The molecule has 1 unspecified atom stereocenters. The molecule has 1 aromatic heterocycles. The second kappa shape index (κ2) is 5.83. The average molecular weight is 279 g/mol. The van der Waals surface area contributed by atoms with Crippen LogP contribution in [0.15, 0.2) is 60.8 Å². The van der Waals surface area contributed by atoms with Gasteiger partial charge in [-0.2, -0.15) is 0 Å². The van der Waals surface area contributed by atoms with Gasteiger partial charge in [0.25, 0.3) is 0 Å². The number of para-hydroxylation sites is 1. The lowest BCUT2D eigenvalue weighted by molar-refractivity contribution is 0.0485. The standard InChI is InChI=1S/C18H17NO2/c1-13(12-21-18(20)14-7-3-2-4-8-14)16-11-19-17-10-6-5-9-15(16)17/h2-11,13,19H,12H2,1H3. The summed E-state index contributed by atoms with van der Waals surface area (Å²) in [6, 6.07) is 17.2. The van der Waals surface area contributed by atoms with Crippen LogP contribution in [-0.2, 0) is 4.74 Å². The third kappa shape index (κ3) is 2.82. The number of nitrogens with one attached hydrogen (secondary N) is 1. The van der Waals surface area contributed by atoms with Crippen molar-refractivity contribution in [3.63, 3.8) is 0 Å². The van der Waals surface area contributed by atoms with E-state index < -0.39 is 0 Å². The summed E-state index contributed by atoms with van der Waals surface area (Å²) in [4.78, 5) is 15.2. The maximum absolute atomic E-state index is 12.0. The van der Waals surface area contributed by atoms with Gasteiger partial charge in [0.05, 0.1) is 12.2 Å². The van der Waals surface area contributed by atoms with Crippen molar-refractivity contribution in [1.82, 2.24) is 4.98 Å². The van der Waals surface area contributed by atoms with Crippen LogP contribution in [0.4, 0.5) is 0 Å². The number of carbonyl (C=O) groups is 1. The van der Waals surface area contributed by atoms with Gasteiger partial charge in [-0.1, -0.05) is 43.3 Å². The Morgan fingerprint density at radius 3 is 2.62 bits per heavy atom. The summed E-state index contributed by atoms with van der Waals surface area (Å²) in [5, 5.41) is 1.18. The Morgan fingerprint density at radius 2 is 1.81 bits per heavy atom. The lowest BCUT2D eigenvalue weighted by Crippen LogP contribution is -2.10. The van der Waals surface area contributed by atoms with Crippen LogP contribution in [0, 0.1) is 0 Å². The summed E-state index contributed by atoms with van der Waals surface area (Å²) >= 11 is 0. The predicted molar refractivity (Wildman–Crippen MR) is 83.4 cm³/mol. The number of rotatable bonds is 4. The molecule has 0 spiro atoms. The van der Waals surface area contributed by atoms with Gasteiger partial charge in [0.1, 0.15) is 0 Å². The number of benzene rings is 2. The number of carbonyl (C=O) groups excluding carboxylic acids is 1. The maximum Gasteiger partial charge on any atom is 0.338 e. The molecule has 0 aliphatic carbocycles. The molecule has 0 saturated heterocycles. The van der Waals surface area contributed by atoms with Gasteiger partial charge < -0.3 is 9.72 Å². The van der Waals surface area contributed by atoms with E-state index in [1.807, 2.05) is 42.6 Å². The molecular formula is C18H17NO2. The number of esters is 1. The Hall–Kier alpha value is -2.55. The molecule has 3 aromatic rings. The number of H-pyrrole nitrogens is 1. The Bertz CT molecular complexity index is 746. The number of fused-ring (bicyclic) bond motifs is 1. The number of hydrogen-bond donors (Lipinski definition) is 1. The van der Waals surface area contributed by atoms with E-state index in [1.165, 1.54) is 10.9 Å². The van der Waals surface area contributed by atoms with Crippen molar-refractivity contribution in [3.8, 4) is 0 Å². The molecule has 1 heterocycles. The first-order chi connectivity index (χ1) is 10.3. The van der Waals surface area contributed by atoms with E-state index in [0.29, 0.717) is 12.2 Å². The molecule has 2 aromatic carbocycles. The Kier molecular flexibility index (Phi) is 3.73. The first-order valence-corrected chi connectivity index (χ1v) is 7.04. The van der Waals surface area contributed by atoms with Gasteiger partial charge >= 0.3 is 5.97 Å². The van der Waals surface area contributed by atoms with Gasteiger partial charge in [-0.05, 0) is 23.8 Å². The summed E-state index contributed by atoms with van der Waals surface area (Å²) in [6.07, 6.45) is 1.99. The summed E-state index contributed by atoms with van der Waals surface area (Å²) in [5.41, 5.74) is 2.86. The minimum atomic E-state index is -0.276. The predicted octanol–water partition coefficient (Wildman–Crippen LogP) is 4.13.